The zero-order valence-electron chi connectivity index (χ0n) is 11.3. The first-order valence-corrected chi connectivity index (χ1v) is 6.21. The molecule has 0 bridgehead atoms. The van der Waals surface area contributed by atoms with E-state index in [9.17, 15) is 4.79 Å². The van der Waals surface area contributed by atoms with Crippen molar-refractivity contribution in [2.75, 3.05) is 20.1 Å². The topological polar surface area (TPSA) is 67.6 Å². The predicted molar refractivity (Wildman–Crippen MR) is 67.9 cm³/mol. The summed E-state index contributed by atoms with van der Waals surface area (Å²) in [6.07, 6.45) is 1.40. The lowest BCUT2D eigenvalue weighted by Crippen LogP contribution is -2.48. The first kappa shape index (κ1) is 14.3. The van der Waals surface area contributed by atoms with E-state index in [1.807, 2.05) is 20.8 Å². The van der Waals surface area contributed by atoms with E-state index in [0.29, 0.717) is 0 Å². The van der Waals surface area contributed by atoms with Crippen LogP contribution in [0.2, 0.25) is 0 Å². The van der Waals surface area contributed by atoms with Gasteiger partial charge in [0.25, 0.3) is 0 Å². The molecule has 0 aliphatic carbocycles. The lowest BCUT2D eigenvalue weighted by atomic mass is 10.0. The molecule has 1 amide bonds. The second-order valence-electron chi connectivity index (χ2n) is 5.80. The van der Waals surface area contributed by atoms with Gasteiger partial charge in [0.1, 0.15) is 5.60 Å². The van der Waals surface area contributed by atoms with Crippen molar-refractivity contribution in [2.45, 2.75) is 51.3 Å². The molecule has 100 valence electrons. The Morgan fingerprint density at radius 2 is 1.94 bits per heavy atom. The number of hydrogen-bond donors (Lipinski definition) is 2. The molecule has 1 aliphatic rings. The maximum Gasteiger partial charge on any atom is 0.407 e. The van der Waals surface area contributed by atoms with Crippen LogP contribution in [0.4, 0.5) is 4.79 Å². The predicted octanol–water partition coefficient (Wildman–Crippen LogP) is 0.933. The molecule has 5 heteroatoms. The van der Waals surface area contributed by atoms with Crippen molar-refractivity contribution in [1.82, 2.24) is 10.2 Å². The fourth-order valence-corrected chi connectivity index (χ4v) is 1.89. The molecule has 2 atom stereocenters. The summed E-state index contributed by atoms with van der Waals surface area (Å²) in [6.45, 7) is 7.50. The summed E-state index contributed by atoms with van der Waals surface area (Å²) >= 11 is 0. The average Bonchev–Trinajstić information content (AvgIpc) is 2.30. The molecule has 1 saturated heterocycles. The Hall–Kier alpha value is -0.810. The third kappa shape index (κ3) is 5.37. The van der Waals surface area contributed by atoms with Gasteiger partial charge in [-0.3, -0.25) is 0 Å². The minimum absolute atomic E-state index is 0.00692. The summed E-state index contributed by atoms with van der Waals surface area (Å²) in [6, 6.07) is 0.0160. The molecular weight excluding hydrogens is 218 g/mol. The van der Waals surface area contributed by atoms with Gasteiger partial charge in [-0.25, -0.2) is 4.79 Å². The minimum Gasteiger partial charge on any atom is -0.444 e. The molecule has 0 radical (unpaired) electrons. The van der Waals surface area contributed by atoms with Gasteiger partial charge in [-0.05, 0) is 53.8 Å². The highest BCUT2D eigenvalue weighted by Gasteiger charge is 2.25. The number of hydrogen-bond acceptors (Lipinski definition) is 4. The quantitative estimate of drug-likeness (QED) is 0.719. The number of likely N-dealkylation sites (tertiary alicyclic amines) is 1. The van der Waals surface area contributed by atoms with E-state index in [-0.39, 0.29) is 18.2 Å². The van der Waals surface area contributed by atoms with Crippen LogP contribution in [0.3, 0.4) is 0 Å². The molecule has 0 aromatic heterocycles. The number of ether oxygens (including phenoxy) is 1. The molecule has 0 aromatic carbocycles. The molecule has 0 spiro atoms. The third-order valence-electron chi connectivity index (χ3n) is 2.88. The first-order chi connectivity index (χ1) is 7.78. The molecule has 2 unspecified atom stereocenters. The van der Waals surface area contributed by atoms with Crippen LogP contribution in [0, 0.1) is 0 Å². The summed E-state index contributed by atoms with van der Waals surface area (Å²) in [5.74, 6) is 0. The van der Waals surface area contributed by atoms with Gasteiger partial charge in [0.15, 0.2) is 0 Å². The van der Waals surface area contributed by atoms with Crippen molar-refractivity contribution in [1.29, 1.82) is 0 Å². The highest BCUT2D eigenvalue weighted by Crippen LogP contribution is 2.11. The first-order valence-electron chi connectivity index (χ1n) is 6.21. The Kier molecular flexibility index (Phi) is 4.77. The maximum absolute atomic E-state index is 11.7. The highest BCUT2D eigenvalue weighted by atomic mass is 16.6. The van der Waals surface area contributed by atoms with Crippen LogP contribution in [0.15, 0.2) is 0 Å². The summed E-state index contributed by atoms with van der Waals surface area (Å²) < 4.78 is 5.24. The van der Waals surface area contributed by atoms with Gasteiger partial charge < -0.3 is 20.7 Å². The van der Waals surface area contributed by atoms with E-state index >= 15 is 0 Å². The largest absolute Gasteiger partial charge is 0.444 e. The van der Waals surface area contributed by atoms with E-state index < -0.39 is 5.60 Å². The van der Waals surface area contributed by atoms with Crippen LogP contribution in [0.5, 0.6) is 0 Å². The number of nitrogens with zero attached hydrogens (tertiary/aromatic N) is 1. The molecule has 17 heavy (non-hydrogen) atoms. The minimum atomic E-state index is -0.463. The zero-order chi connectivity index (χ0) is 13.1. The van der Waals surface area contributed by atoms with Crippen molar-refractivity contribution >= 4 is 6.09 Å². The van der Waals surface area contributed by atoms with Gasteiger partial charge in [-0.2, -0.15) is 0 Å². The van der Waals surface area contributed by atoms with E-state index in [0.717, 1.165) is 25.9 Å². The Morgan fingerprint density at radius 3 is 2.53 bits per heavy atom. The second-order valence-corrected chi connectivity index (χ2v) is 5.80. The molecule has 1 heterocycles. The van der Waals surface area contributed by atoms with Crippen LogP contribution in [0.1, 0.15) is 33.6 Å². The molecule has 0 aromatic rings. The summed E-state index contributed by atoms with van der Waals surface area (Å²) in [7, 11) is 2.07. The van der Waals surface area contributed by atoms with Gasteiger partial charge in [0, 0.05) is 12.1 Å². The number of nitrogens with two attached hydrogens (primary N) is 1. The van der Waals surface area contributed by atoms with Crippen LogP contribution in [-0.4, -0.2) is 48.8 Å². The molecule has 5 nitrogen and oxygen atoms in total. The molecule has 3 N–H and O–H groups in total. The van der Waals surface area contributed by atoms with E-state index in [1.165, 1.54) is 0 Å². The lowest BCUT2D eigenvalue weighted by Gasteiger charge is -2.25. The molecule has 1 aliphatic heterocycles. The van der Waals surface area contributed by atoms with Crippen molar-refractivity contribution in [3.63, 3.8) is 0 Å². The Bertz CT molecular complexity index is 263. The van der Waals surface area contributed by atoms with Crippen molar-refractivity contribution in [3.8, 4) is 0 Å². The zero-order valence-corrected chi connectivity index (χ0v) is 11.3. The summed E-state index contributed by atoms with van der Waals surface area (Å²) in [5, 5.41) is 2.87. The highest BCUT2D eigenvalue weighted by molar-refractivity contribution is 5.68. The van der Waals surface area contributed by atoms with Crippen LogP contribution in [0.25, 0.3) is 0 Å². The van der Waals surface area contributed by atoms with E-state index in [2.05, 4.69) is 17.3 Å². The maximum atomic E-state index is 11.7. The number of carbonyl (C=O) groups is 1. The van der Waals surface area contributed by atoms with Gasteiger partial charge in [0.2, 0.25) is 0 Å². The molecule has 0 saturated carbocycles. The van der Waals surface area contributed by atoms with Crippen molar-refractivity contribution < 1.29 is 9.53 Å². The summed E-state index contributed by atoms with van der Waals surface area (Å²) in [4.78, 5) is 13.9. The number of nitrogens with one attached hydrogen (secondary N) is 1. The average molecular weight is 243 g/mol. The fourth-order valence-electron chi connectivity index (χ4n) is 1.89. The number of rotatable bonds is 1. The van der Waals surface area contributed by atoms with Gasteiger partial charge >= 0.3 is 6.09 Å². The number of alkyl carbamates (subject to hydrolysis) is 1. The molecule has 1 fully saturated rings. The van der Waals surface area contributed by atoms with E-state index in [1.54, 1.807) is 0 Å². The standard InChI is InChI=1S/C12H25N3O2/c1-12(2,3)17-11(16)14-10-6-8-15(4)7-5-9(10)13/h9-10H,5-8,13H2,1-4H3,(H,14,16). The molecule has 1 rings (SSSR count). The van der Waals surface area contributed by atoms with Crippen molar-refractivity contribution in [2.24, 2.45) is 5.73 Å². The van der Waals surface area contributed by atoms with Crippen LogP contribution < -0.4 is 11.1 Å². The Labute approximate surface area is 104 Å². The summed E-state index contributed by atoms with van der Waals surface area (Å²) in [5.41, 5.74) is 5.59. The van der Waals surface area contributed by atoms with Crippen LogP contribution in [-0.2, 0) is 4.74 Å². The SMILES string of the molecule is CN1CCC(N)C(NC(=O)OC(C)(C)C)CC1. The van der Waals surface area contributed by atoms with Gasteiger partial charge in [-0.15, -0.1) is 0 Å². The smallest absolute Gasteiger partial charge is 0.407 e. The normalized spacial score (nSPS) is 27.4. The monoisotopic (exact) mass is 243 g/mol. The Morgan fingerprint density at radius 1 is 1.35 bits per heavy atom. The Balaban J connectivity index is 2.46. The molecular formula is C12H25N3O2. The third-order valence-corrected chi connectivity index (χ3v) is 2.88. The van der Waals surface area contributed by atoms with Gasteiger partial charge in [0.05, 0.1) is 0 Å². The number of amides is 1. The lowest BCUT2D eigenvalue weighted by molar-refractivity contribution is 0.0495. The number of carbonyl (C=O) groups excluding carboxylic acids is 1. The van der Waals surface area contributed by atoms with Gasteiger partial charge in [-0.1, -0.05) is 0 Å². The van der Waals surface area contributed by atoms with Crippen LogP contribution >= 0.6 is 0 Å². The fraction of sp³-hybridized carbons (Fsp3) is 0.917. The van der Waals surface area contributed by atoms with E-state index in [4.69, 9.17) is 10.5 Å². The van der Waals surface area contributed by atoms with Crippen molar-refractivity contribution in [3.05, 3.63) is 0 Å². The second kappa shape index (κ2) is 5.69.